The van der Waals surface area contributed by atoms with E-state index in [1.165, 1.54) is 12.1 Å². The number of anilines is 4. The van der Waals surface area contributed by atoms with Crippen LogP contribution in [0, 0.1) is 0 Å². The van der Waals surface area contributed by atoms with Gasteiger partial charge in [0.25, 0.3) is 0 Å². The zero-order valence-electron chi connectivity index (χ0n) is 24.6. The first-order chi connectivity index (χ1) is 22.5. The number of carbonyl (C=O) groups excluding carboxylic acids is 2. The third-order valence-corrected chi connectivity index (χ3v) is 8.11. The van der Waals surface area contributed by atoms with E-state index in [1.54, 1.807) is 46.2 Å². The second kappa shape index (κ2) is 11.0. The molecule has 0 aliphatic rings. The van der Waals surface area contributed by atoms with Crippen molar-refractivity contribution in [2.24, 2.45) is 11.5 Å². The van der Waals surface area contributed by atoms with Crippen molar-refractivity contribution < 1.29 is 29.4 Å². The van der Waals surface area contributed by atoms with Gasteiger partial charge in [0.2, 0.25) is 11.8 Å². The number of aromatic amines is 3. The predicted molar refractivity (Wildman–Crippen MR) is 179 cm³/mol. The fourth-order valence-electron chi connectivity index (χ4n) is 5.99. The second-order valence-corrected chi connectivity index (χ2v) is 11.2. The Hall–Kier alpha value is -6.76. The number of hydrogen-bond donors (Lipinski definition) is 7. The number of aromatic nitrogens is 3. The number of nitrogens with two attached hydrogens (primary N) is 2. The predicted octanol–water partition coefficient (Wildman–Crippen LogP) is 4.93. The highest BCUT2D eigenvalue weighted by Crippen LogP contribution is 2.37. The zero-order chi connectivity index (χ0) is 33.0. The lowest BCUT2D eigenvalue weighted by molar-refractivity contribution is -0.117. The Balaban J connectivity index is 1.32. The third-order valence-electron chi connectivity index (χ3n) is 8.11. The number of primary amides is 2. The lowest BCUT2D eigenvalue weighted by Crippen LogP contribution is -2.30. The molecule has 3 heterocycles. The number of carboxylic acid groups (broad SMARTS) is 2. The van der Waals surface area contributed by atoms with Crippen molar-refractivity contribution in [3.8, 4) is 0 Å². The fraction of sp³-hybridized carbons (Fsp3) is 0.0588. The summed E-state index contributed by atoms with van der Waals surface area (Å²) in [4.78, 5) is 60.0. The molecule has 0 atom stereocenters. The largest absolute Gasteiger partial charge is 0.477 e. The number of H-pyrrole nitrogens is 3. The van der Waals surface area contributed by atoms with Crippen LogP contribution in [0.25, 0.3) is 43.6 Å². The summed E-state index contributed by atoms with van der Waals surface area (Å²) in [5, 5.41) is 21.8. The molecule has 0 saturated carbocycles. The lowest BCUT2D eigenvalue weighted by atomic mass is 10.1. The minimum Gasteiger partial charge on any atom is -0.477 e. The van der Waals surface area contributed by atoms with Crippen LogP contribution in [-0.2, 0) is 9.59 Å². The van der Waals surface area contributed by atoms with E-state index in [0.29, 0.717) is 44.6 Å². The highest BCUT2D eigenvalue weighted by atomic mass is 16.4. The van der Waals surface area contributed by atoms with Gasteiger partial charge in [0.1, 0.15) is 24.5 Å². The number of carboxylic acids is 2. The first-order valence-electron chi connectivity index (χ1n) is 14.4. The van der Waals surface area contributed by atoms with Crippen molar-refractivity contribution in [1.29, 1.82) is 0 Å². The Kier molecular flexibility index (Phi) is 6.78. The number of nitrogens with one attached hydrogen (secondary N) is 3. The molecule has 0 radical (unpaired) electrons. The zero-order valence-corrected chi connectivity index (χ0v) is 24.6. The van der Waals surface area contributed by atoms with Gasteiger partial charge in [0.05, 0.1) is 0 Å². The van der Waals surface area contributed by atoms with E-state index in [-0.39, 0.29) is 24.5 Å². The molecule has 4 aromatic carbocycles. The van der Waals surface area contributed by atoms with Crippen LogP contribution in [0.1, 0.15) is 21.0 Å². The van der Waals surface area contributed by atoms with Crippen molar-refractivity contribution in [2.45, 2.75) is 0 Å². The summed E-state index contributed by atoms with van der Waals surface area (Å²) in [5.74, 6) is -3.26. The summed E-state index contributed by atoms with van der Waals surface area (Å²) in [7, 11) is 0. The molecule has 13 nitrogen and oxygen atoms in total. The van der Waals surface area contributed by atoms with Gasteiger partial charge in [-0.2, -0.15) is 0 Å². The molecule has 47 heavy (non-hydrogen) atoms. The second-order valence-electron chi connectivity index (χ2n) is 11.2. The van der Waals surface area contributed by atoms with E-state index < -0.39 is 23.8 Å². The molecule has 2 amide bonds. The Bertz CT molecular complexity index is 2250. The highest BCUT2D eigenvalue weighted by molar-refractivity contribution is 6.10. The van der Waals surface area contributed by atoms with Crippen molar-refractivity contribution in [3.63, 3.8) is 0 Å². The van der Waals surface area contributed by atoms with Crippen LogP contribution < -0.4 is 21.3 Å². The average molecular weight is 630 g/mol. The summed E-state index contributed by atoms with van der Waals surface area (Å²) in [6.07, 6.45) is 0. The van der Waals surface area contributed by atoms with Crippen LogP contribution in [0.4, 0.5) is 22.7 Å². The quantitative estimate of drug-likeness (QED) is 0.110. The average Bonchev–Trinajstić information content (AvgIpc) is 3.76. The van der Waals surface area contributed by atoms with Crippen LogP contribution >= 0.6 is 0 Å². The smallest absolute Gasteiger partial charge is 0.352 e. The number of hydrogen-bond acceptors (Lipinski definition) is 6. The van der Waals surface area contributed by atoms with Crippen LogP contribution in [0.15, 0.2) is 84.9 Å². The maximum absolute atomic E-state index is 12.2. The molecule has 9 N–H and O–H groups in total. The Labute approximate surface area is 265 Å². The molecule has 0 spiro atoms. The van der Waals surface area contributed by atoms with E-state index in [1.807, 2.05) is 36.4 Å². The van der Waals surface area contributed by atoms with Gasteiger partial charge in [-0.05, 0) is 84.9 Å². The number of carbonyl (C=O) groups is 4. The third kappa shape index (κ3) is 5.31. The lowest BCUT2D eigenvalue weighted by Gasteiger charge is -2.24. The van der Waals surface area contributed by atoms with Gasteiger partial charge < -0.3 is 46.4 Å². The van der Waals surface area contributed by atoms with Gasteiger partial charge in [-0.15, -0.1) is 0 Å². The van der Waals surface area contributed by atoms with Crippen molar-refractivity contribution in [2.75, 3.05) is 22.9 Å². The van der Waals surface area contributed by atoms with Crippen molar-refractivity contribution in [1.82, 2.24) is 15.0 Å². The maximum Gasteiger partial charge on any atom is 0.352 e. The van der Waals surface area contributed by atoms with Gasteiger partial charge >= 0.3 is 11.9 Å². The van der Waals surface area contributed by atoms with Gasteiger partial charge in [0, 0.05) is 66.4 Å². The number of nitrogens with zero attached hydrogens (tertiary/aromatic N) is 2. The van der Waals surface area contributed by atoms with Crippen LogP contribution in [0.5, 0.6) is 0 Å². The summed E-state index contributed by atoms with van der Waals surface area (Å²) in [5.41, 5.74) is 17.0. The molecule has 234 valence electrons. The van der Waals surface area contributed by atoms with E-state index in [4.69, 9.17) is 11.5 Å². The first kappa shape index (κ1) is 29.0. The Morgan fingerprint density at radius 2 is 0.872 bits per heavy atom. The molecule has 7 aromatic rings. The summed E-state index contributed by atoms with van der Waals surface area (Å²) in [6.45, 7) is -0.253. The minimum absolute atomic E-state index is 0.0537. The van der Waals surface area contributed by atoms with E-state index in [2.05, 4.69) is 15.0 Å². The fourth-order valence-corrected chi connectivity index (χ4v) is 5.99. The first-order valence-corrected chi connectivity index (χ1v) is 14.4. The van der Waals surface area contributed by atoms with Crippen LogP contribution in [0.2, 0.25) is 0 Å². The topological polar surface area (TPSA) is 215 Å². The molecule has 13 heteroatoms. The molecule has 0 aliphatic heterocycles. The van der Waals surface area contributed by atoms with E-state index in [9.17, 15) is 29.4 Å². The molecular formula is C34H27N7O6. The molecular weight excluding hydrogens is 602 g/mol. The highest BCUT2D eigenvalue weighted by Gasteiger charge is 2.19. The summed E-state index contributed by atoms with van der Waals surface area (Å²) >= 11 is 0. The van der Waals surface area contributed by atoms with Gasteiger partial charge in [0.15, 0.2) is 0 Å². The molecule has 3 aromatic heterocycles. The number of rotatable bonds is 10. The molecule has 0 saturated heterocycles. The molecule has 0 unspecified atom stereocenters. The molecule has 0 aliphatic carbocycles. The van der Waals surface area contributed by atoms with E-state index >= 15 is 0 Å². The summed E-state index contributed by atoms with van der Waals surface area (Å²) < 4.78 is 0. The van der Waals surface area contributed by atoms with Crippen LogP contribution in [-0.4, -0.2) is 62.0 Å². The maximum atomic E-state index is 12.2. The molecule has 0 fully saturated rings. The van der Waals surface area contributed by atoms with Gasteiger partial charge in [-0.3, -0.25) is 9.59 Å². The Morgan fingerprint density at radius 3 is 1.23 bits per heavy atom. The molecule has 0 bridgehead atoms. The van der Waals surface area contributed by atoms with Crippen LogP contribution in [0.3, 0.4) is 0 Å². The monoisotopic (exact) mass is 629 g/mol. The van der Waals surface area contributed by atoms with Crippen molar-refractivity contribution in [3.05, 3.63) is 96.3 Å². The standard InChI is InChI=1S/C34H27N7O6/c35-31(42)15-40(19-1-5-25-17(9-19)11-29(37-25)33(44)45)21-3-7-27-23(13-21)24-14-22(4-8-28(24)39-27)41(16-32(36)43)20-2-6-26-18(10-20)12-30(38-26)34(46)47/h1-14,37-39H,15-16H2,(H2,35,42)(H2,36,43)(H,44,45)(H,46,47). The minimum atomic E-state index is -1.08. The number of benzene rings is 4. The van der Waals surface area contributed by atoms with Gasteiger partial charge in [-0.25, -0.2) is 9.59 Å². The number of aromatic carboxylic acids is 2. The number of fused-ring (bicyclic) bond motifs is 5. The summed E-state index contributed by atoms with van der Waals surface area (Å²) in [6, 6.07) is 25.1. The number of amides is 2. The van der Waals surface area contributed by atoms with E-state index in [0.717, 1.165) is 21.8 Å². The molecule has 7 rings (SSSR count). The van der Waals surface area contributed by atoms with Gasteiger partial charge in [-0.1, -0.05) is 0 Å². The SMILES string of the molecule is NC(=O)CN(c1ccc2[nH]c(C(=O)O)cc2c1)c1ccc2[nH]c3ccc(N(CC(N)=O)c4ccc5[nH]c(C(=O)O)cc5c4)cc3c2c1. The van der Waals surface area contributed by atoms with Crippen molar-refractivity contribution >= 4 is 90.1 Å². The Morgan fingerprint density at radius 1 is 0.511 bits per heavy atom. The normalized spacial score (nSPS) is 11.4.